The van der Waals surface area contributed by atoms with Crippen molar-refractivity contribution in [2.75, 3.05) is 12.4 Å². The molecule has 1 aromatic carbocycles. The van der Waals surface area contributed by atoms with Crippen LogP contribution in [0.25, 0.3) is 0 Å². The van der Waals surface area contributed by atoms with Crippen LogP contribution >= 0.6 is 11.3 Å². The number of nitrogens with one attached hydrogen (secondary N) is 1. The molecule has 0 fully saturated rings. The summed E-state index contributed by atoms with van der Waals surface area (Å²) < 4.78 is 4.60. The van der Waals surface area contributed by atoms with E-state index in [9.17, 15) is 19.6 Å². The number of rotatable bonds is 5. The zero-order chi connectivity index (χ0) is 16.1. The van der Waals surface area contributed by atoms with E-state index < -0.39 is 13.1 Å². The van der Waals surface area contributed by atoms with Crippen LogP contribution in [0, 0.1) is 0 Å². The Morgan fingerprint density at radius 3 is 2.68 bits per heavy atom. The summed E-state index contributed by atoms with van der Waals surface area (Å²) in [4.78, 5) is 24.5. The summed E-state index contributed by atoms with van der Waals surface area (Å²) in [5.41, 5.74) is 0.515. The van der Waals surface area contributed by atoms with Crippen molar-refractivity contribution < 1.29 is 24.4 Å². The molecule has 1 heterocycles. The van der Waals surface area contributed by atoms with Gasteiger partial charge < -0.3 is 20.1 Å². The molecule has 8 heteroatoms. The summed E-state index contributed by atoms with van der Waals surface area (Å²) in [5, 5.41) is 23.0. The van der Waals surface area contributed by atoms with Gasteiger partial charge in [0.1, 0.15) is 0 Å². The van der Waals surface area contributed by atoms with Gasteiger partial charge in [-0.1, -0.05) is 6.07 Å². The molecule has 0 unspecified atom stereocenters. The highest BCUT2D eigenvalue weighted by molar-refractivity contribution is 7.10. The summed E-state index contributed by atoms with van der Waals surface area (Å²) in [7, 11) is -0.531. The largest absolute Gasteiger partial charge is 0.488 e. The van der Waals surface area contributed by atoms with E-state index in [1.807, 2.05) is 17.5 Å². The van der Waals surface area contributed by atoms with Crippen LogP contribution in [0.3, 0.4) is 0 Å². The lowest BCUT2D eigenvalue weighted by Gasteiger charge is -2.09. The van der Waals surface area contributed by atoms with E-state index in [4.69, 9.17) is 0 Å². The van der Waals surface area contributed by atoms with E-state index in [-0.39, 0.29) is 23.4 Å². The maximum absolute atomic E-state index is 12.0. The molecule has 0 radical (unpaired) electrons. The molecule has 1 aromatic heterocycles. The minimum atomic E-state index is -1.75. The number of benzene rings is 1. The van der Waals surface area contributed by atoms with Crippen LogP contribution in [0.5, 0.6) is 0 Å². The number of anilines is 1. The Morgan fingerprint density at radius 1 is 1.32 bits per heavy atom. The fraction of sp³-hybridized carbons (Fsp3) is 0.143. The van der Waals surface area contributed by atoms with Crippen LogP contribution in [-0.4, -0.2) is 36.2 Å². The Morgan fingerprint density at radius 2 is 2.09 bits per heavy atom. The monoisotopic (exact) mass is 319 g/mol. The molecule has 0 saturated carbocycles. The van der Waals surface area contributed by atoms with Crippen molar-refractivity contribution in [1.29, 1.82) is 0 Å². The van der Waals surface area contributed by atoms with Crippen LogP contribution in [0.2, 0.25) is 0 Å². The second kappa shape index (κ2) is 7.21. The lowest BCUT2D eigenvalue weighted by Crippen LogP contribution is -2.31. The van der Waals surface area contributed by atoms with Gasteiger partial charge in [0.05, 0.1) is 19.1 Å². The molecule has 2 aromatic rings. The summed E-state index contributed by atoms with van der Waals surface area (Å²) in [6, 6.07) is 7.81. The molecule has 0 bridgehead atoms. The third-order valence-electron chi connectivity index (χ3n) is 2.87. The van der Waals surface area contributed by atoms with Crippen molar-refractivity contribution >= 4 is 41.5 Å². The zero-order valence-corrected chi connectivity index (χ0v) is 12.6. The standard InChI is InChI=1S/C14H14BNO5S/c1-21-14(18)9-5-10(15(19)20)7-11(6-9)16-13(17)8-12-3-2-4-22-12/h2-7,19-20H,8H2,1H3,(H,16,17). The quantitative estimate of drug-likeness (QED) is 0.547. The molecular formula is C14H14BNO5S. The minimum Gasteiger partial charge on any atom is -0.465 e. The van der Waals surface area contributed by atoms with Gasteiger partial charge in [0.15, 0.2) is 0 Å². The molecule has 1 amide bonds. The van der Waals surface area contributed by atoms with E-state index in [1.165, 1.54) is 36.6 Å². The Hall–Kier alpha value is -2.16. The first-order valence-corrected chi connectivity index (χ1v) is 7.29. The van der Waals surface area contributed by atoms with Crippen LogP contribution < -0.4 is 10.8 Å². The summed E-state index contributed by atoms with van der Waals surface area (Å²) in [6.07, 6.45) is 0.205. The molecule has 0 atom stereocenters. The van der Waals surface area contributed by atoms with Gasteiger partial charge in [-0.15, -0.1) is 11.3 Å². The molecule has 3 N–H and O–H groups in total. The van der Waals surface area contributed by atoms with Crippen LogP contribution in [-0.2, 0) is 16.0 Å². The Bertz CT molecular complexity index is 672. The highest BCUT2D eigenvalue weighted by Crippen LogP contribution is 2.13. The Kier molecular flexibility index (Phi) is 5.32. The molecule has 0 aliphatic carbocycles. The normalized spacial score (nSPS) is 10.1. The maximum atomic E-state index is 12.0. The van der Waals surface area contributed by atoms with Gasteiger partial charge in [-0.3, -0.25) is 4.79 Å². The van der Waals surface area contributed by atoms with Gasteiger partial charge in [-0.2, -0.15) is 0 Å². The van der Waals surface area contributed by atoms with Crippen molar-refractivity contribution in [3.8, 4) is 0 Å². The molecule has 114 valence electrons. The maximum Gasteiger partial charge on any atom is 0.488 e. The third kappa shape index (κ3) is 4.17. The number of esters is 1. The van der Waals surface area contributed by atoms with Crippen molar-refractivity contribution in [2.45, 2.75) is 6.42 Å². The topological polar surface area (TPSA) is 95.9 Å². The predicted octanol–water partition coefficient (Wildman–Crippen LogP) is 0.396. The van der Waals surface area contributed by atoms with Gasteiger partial charge in [0.25, 0.3) is 0 Å². The number of methoxy groups -OCH3 is 1. The molecule has 0 aliphatic rings. The molecule has 0 aliphatic heterocycles. The van der Waals surface area contributed by atoms with Crippen molar-refractivity contribution in [3.05, 3.63) is 46.2 Å². The molecule has 0 spiro atoms. The first-order chi connectivity index (χ1) is 10.5. The molecule has 22 heavy (non-hydrogen) atoms. The first kappa shape index (κ1) is 16.2. The van der Waals surface area contributed by atoms with E-state index in [1.54, 1.807) is 0 Å². The van der Waals surface area contributed by atoms with Gasteiger partial charge in [0, 0.05) is 10.6 Å². The van der Waals surface area contributed by atoms with Crippen molar-refractivity contribution in [3.63, 3.8) is 0 Å². The fourth-order valence-electron chi connectivity index (χ4n) is 1.89. The molecule has 2 rings (SSSR count). The highest BCUT2D eigenvalue weighted by Gasteiger charge is 2.17. The van der Waals surface area contributed by atoms with E-state index in [0.29, 0.717) is 5.69 Å². The van der Waals surface area contributed by atoms with E-state index >= 15 is 0 Å². The number of thiophene rings is 1. The lowest BCUT2D eigenvalue weighted by atomic mass is 9.79. The zero-order valence-electron chi connectivity index (χ0n) is 11.8. The van der Waals surface area contributed by atoms with Crippen molar-refractivity contribution in [2.24, 2.45) is 0 Å². The van der Waals surface area contributed by atoms with Crippen LogP contribution in [0.1, 0.15) is 15.2 Å². The highest BCUT2D eigenvalue weighted by atomic mass is 32.1. The van der Waals surface area contributed by atoms with E-state index in [2.05, 4.69) is 10.1 Å². The van der Waals surface area contributed by atoms with E-state index in [0.717, 1.165) is 4.88 Å². The number of amides is 1. The summed E-state index contributed by atoms with van der Waals surface area (Å²) >= 11 is 1.47. The molecule has 0 saturated heterocycles. The number of carbonyl (C=O) groups is 2. The molecule has 6 nitrogen and oxygen atoms in total. The third-order valence-corrected chi connectivity index (χ3v) is 3.75. The fourth-order valence-corrected chi connectivity index (χ4v) is 2.59. The van der Waals surface area contributed by atoms with Gasteiger partial charge in [-0.05, 0) is 35.1 Å². The average Bonchev–Trinajstić information content (AvgIpc) is 2.98. The number of hydrogen-bond acceptors (Lipinski definition) is 6. The smallest absolute Gasteiger partial charge is 0.465 e. The SMILES string of the molecule is COC(=O)c1cc(NC(=O)Cc2cccs2)cc(B(O)O)c1. The summed E-state index contributed by atoms with van der Waals surface area (Å²) in [5.74, 6) is -0.890. The predicted molar refractivity (Wildman–Crippen MR) is 84.3 cm³/mol. The summed E-state index contributed by atoms with van der Waals surface area (Å²) in [6.45, 7) is 0. The number of hydrogen-bond donors (Lipinski definition) is 3. The van der Waals surface area contributed by atoms with Crippen LogP contribution in [0.4, 0.5) is 5.69 Å². The van der Waals surface area contributed by atoms with Crippen molar-refractivity contribution in [1.82, 2.24) is 0 Å². The van der Waals surface area contributed by atoms with Gasteiger partial charge in [0.2, 0.25) is 5.91 Å². The number of carbonyl (C=O) groups excluding carboxylic acids is 2. The van der Waals surface area contributed by atoms with Crippen LogP contribution in [0.15, 0.2) is 35.7 Å². The number of ether oxygens (including phenoxy) is 1. The van der Waals surface area contributed by atoms with Gasteiger partial charge >= 0.3 is 13.1 Å². The first-order valence-electron chi connectivity index (χ1n) is 6.41. The Labute approximate surface area is 131 Å². The minimum absolute atomic E-state index is 0.0920. The second-order valence-electron chi connectivity index (χ2n) is 4.51. The second-order valence-corrected chi connectivity index (χ2v) is 5.55. The van der Waals surface area contributed by atoms with Gasteiger partial charge in [-0.25, -0.2) is 4.79 Å². The average molecular weight is 319 g/mol. The lowest BCUT2D eigenvalue weighted by molar-refractivity contribution is -0.115. The molecular weight excluding hydrogens is 305 g/mol. The Balaban J connectivity index is 2.20.